The van der Waals surface area contributed by atoms with Gasteiger partial charge in [-0.1, -0.05) is 0 Å². The Balaban J connectivity index is 0.000000237. The normalized spacial score (nSPS) is 10.2. The maximum absolute atomic E-state index is 11.4. The molecule has 0 radical (unpaired) electrons. The van der Waals surface area contributed by atoms with Crippen LogP contribution in [-0.4, -0.2) is 50.8 Å². The second-order valence-corrected chi connectivity index (χ2v) is 7.77. The van der Waals surface area contributed by atoms with Crippen LogP contribution in [0.4, 0.5) is 5.69 Å². The van der Waals surface area contributed by atoms with Crippen molar-refractivity contribution in [2.75, 3.05) is 13.2 Å². The van der Waals surface area contributed by atoms with Gasteiger partial charge in [0.2, 0.25) is 5.78 Å². The number of hydrogen-bond acceptors (Lipinski definition) is 9. The largest absolute Gasteiger partial charge is 0.461 e. The summed E-state index contributed by atoms with van der Waals surface area (Å²) in [5.74, 6) is -2.24. The van der Waals surface area contributed by atoms with Crippen molar-refractivity contribution in [2.24, 2.45) is 0 Å². The lowest BCUT2D eigenvalue weighted by molar-refractivity contribution is -0.385. The van der Waals surface area contributed by atoms with Crippen molar-refractivity contribution < 1.29 is 28.8 Å². The van der Waals surface area contributed by atoms with E-state index < -0.39 is 23.1 Å². The van der Waals surface area contributed by atoms with E-state index in [2.05, 4.69) is 51.5 Å². The van der Waals surface area contributed by atoms with Gasteiger partial charge in [-0.25, -0.2) is 19.6 Å². The number of rotatable bonds is 7. The Hall–Kier alpha value is -3.19. The van der Waals surface area contributed by atoms with E-state index in [0.29, 0.717) is 16.9 Å². The minimum atomic E-state index is -1.02. The molecular weight excluding hydrogens is 568 g/mol. The summed E-state index contributed by atoms with van der Waals surface area (Å²) in [6.45, 7) is 3.77. The maximum atomic E-state index is 11.4. The Kier molecular flexibility index (Phi) is 9.60. The summed E-state index contributed by atoms with van der Waals surface area (Å²) >= 11 is 6.31. The molecule has 1 N–H and O–H groups in total. The van der Waals surface area contributed by atoms with E-state index in [0.717, 1.165) is 15.6 Å². The molecule has 0 saturated carbocycles. The van der Waals surface area contributed by atoms with E-state index >= 15 is 0 Å². The van der Waals surface area contributed by atoms with Crippen LogP contribution >= 0.6 is 31.9 Å². The summed E-state index contributed by atoms with van der Waals surface area (Å²) in [6.07, 6.45) is -0.464. The zero-order valence-corrected chi connectivity index (χ0v) is 20.6. The molecule has 0 aromatic carbocycles. The van der Waals surface area contributed by atoms with Gasteiger partial charge in [0.1, 0.15) is 20.6 Å². The number of carbonyl (C=O) groups excluding carboxylic acids is 3. The number of fused-ring (bicyclic) bond motifs is 1. The quantitative estimate of drug-likeness (QED) is 0.143. The summed E-state index contributed by atoms with van der Waals surface area (Å²) in [6, 6.07) is 7.95. The predicted octanol–water partition coefficient (Wildman–Crippen LogP) is 3.93. The smallest absolute Gasteiger partial charge is 0.375 e. The second kappa shape index (κ2) is 12.2. The average molecular weight is 586 g/mol. The number of nitrogens with zero attached hydrogens (tertiary/aromatic N) is 3. The number of Topliss-reactive ketones (excluding diaryl/α,β-unsaturated/α-hetero) is 1. The molecule has 3 aromatic rings. The first-order chi connectivity index (χ1) is 15.7. The van der Waals surface area contributed by atoms with Crippen LogP contribution in [0.1, 0.15) is 30.0 Å². The minimum Gasteiger partial charge on any atom is -0.461 e. The molecule has 13 heteroatoms. The fourth-order valence-electron chi connectivity index (χ4n) is 2.50. The van der Waals surface area contributed by atoms with Crippen LogP contribution < -0.4 is 0 Å². The minimum absolute atomic E-state index is 0.0680. The highest BCUT2D eigenvalue weighted by molar-refractivity contribution is 9.10. The zero-order chi connectivity index (χ0) is 24.5. The lowest BCUT2D eigenvalue weighted by Crippen LogP contribution is -2.20. The fourth-order valence-corrected chi connectivity index (χ4v) is 3.17. The summed E-state index contributed by atoms with van der Waals surface area (Å²) in [7, 11) is 0. The van der Waals surface area contributed by atoms with Gasteiger partial charge >= 0.3 is 11.9 Å². The molecular formula is C20H18Br2N4O7. The van der Waals surface area contributed by atoms with Gasteiger partial charge in [0.25, 0.3) is 5.69 Å². The van der Waals surface area contributed by atoms with Crippen LogP contribution in [0.2, 0.25) is 0 Å². The molecule has 0 unspecified atom stereocenters. The summed E-state index contributed by atoms with van der Waals surface area (Å²) in [5, 5.41) is 10.7. The number of carbonyl (C=O) groups is 3. The molecule has 0 bridgehead atoms. The monoisotopic (exact) mass is 584 g/mol. The molecule has 3 aromatic heterocycles. The van der Waals surface area contributed by atoms with Crippen molar-refractivity contribution in [3.8, 4) is 0 Å². The number of H-pyrrole nitrogens is 1. The highest BCUT2D eigenvalue weighted by Crippen LogP contribution is 2.20. The summed E-state index contributed by atoms with van der Waals surface area (Å²) < 4.78 is 10.5. The van der Waals surface area contributed by atoms with Gasteiger partial charge in [-0.3, -0.25) is 14.9 Å². The number of pyridine rings is 2. The molecule has 0 spiro atoms. The van der Waals surface area contributed by atoms with Crippen LogP contribution in [0, 0.1) is 10.1 Å². The molecule has 0 saturated heterocycles. The molecule has 3 rings (SSSR count). The number of ether oxygens (including phenoxy) is 2. The first kappa shape index (κ1) is 26.1. The van der Waals surface area contributed by atoms with Gasteiger partial charge in [0, 0.05) is 6.07 Å². The van der Waals surface area contributed by atoms with Gasteiger partial charge in [-0.2, -0.15) is 0 Å². The van der Waals surface area contributed by atoms with Crippen molar-refractivity contribution >= 4 is 66.3 Å². The Labute approximate surface area is 204 Å². The molecule has 33 heavy (non-hydrogen) atoms. The summed E-state index contributed by atoms with van der Waals surface area (Å²) in [5.41, 5.74) is 1.61. The molecule has 0 aliphatic carbocycles. The zero-order valence-electron chi connectivity index (χ0n) is 17.5. The van der Waals surface area contributed by atoms with Crippen LogP contribution in [0.25, 0.3) is 11.0 Å². The highest BCUT2D eigenvalue weighted by atomic mass is 79.9. The second-order valence-electron chi connectivity index (χ2n) is 6.15. The van der Waals surface area contributed by atoms with E-state index in [1.807, 2.05) is 12.1 Å². The fraction of sp³-hybridized carbons (Fsp3) is 0.250. The number of hydrogen-bond donors (Lipinski definition) is 1. The van der Waals surface area contributed by atoms with Gasteiger partial charge in [-0.15, -0.1) is 0 Å². The van der Waals surface area contributed by atoms with Crippen molar-refractivity contribution in [3.63, 3.8) is 0 Å². The number of nitro groups is 1. The Morgan fingerprint density at radius 3 is 2.30 bits per heavy atom. The summed E-state index contributed by atoms with van der Waals surface area (Å²) in [4.78, 5) is 55.0. The van der Waals surface area contributed by atoms with Crippen LogP contribution in [0.15, 0.2) is 39.5 Å². The maximum Gasteiger partial charge on any atom is 0.375 e. The van der Waals surface area contributed by atoms with Crippen LogP contribution in [0.3, 0.4) is 0 Å². The third kappa shape index (κ3) is 7.43. The Morgan fingerprint density at radius 1 is 1.03 bits per heavy atom. The highest BCUT2D eigenvalue weighted by Gasteiger charge is 2.23. The number of esters is 2. The lowest BCUT2D eigenvalue weighted by atomic mass is 10.2. The molecule has 174 valence electrons. The van der Waals surface area contributed by atoms with Gasteiger partial charge in [-0.05, 0) is 70.0 Å². The first-order valence-electron chi connectivity index (χ1n) is 9.48. The van der Waals surface area contributed by atoms with E-state index in [1.54, 1.807) is 19.9 Å². The predicted molar refractivity (Wildman–Crippen MR) is 124 cm³/mol. The standard InChI is InChI=1S/C10H9BrN2O5.C10H9BrN2O2/c1-2-18-10(15)8(14)5-6-7(13(16)17)3-4-9(11)12-6;1-2-15-10(14)8-5-7-6(12-8)3-4-9(11)13-7/h3-4H,2,5H2,1H3;3-5,12H,2H2,1H3. The van der Waals surface area contributed by atoms with Gasteiger partial charge < -0.3 is 14.5 Å². The average Bonchev–Trinajstić information content (AvgIpc) is 3.18. The number of aromatic nitrogens is 3. The molecule has 0 atom stereocenters. The number of halogens is 2. The van der Waals surface area contributed by atoms with E-state index in [-0.39, 0.29) is 24.0 Å². The third-order valence-electron chi connectivity index (χ3n) is 3.88. The molecule has 0 fully saturated rings. The van der Waals surface area contributed by atoms with Gasteiger partial charge in [0.05, 0.1) is 35.6 Å². The number of aromatic amines is 1. The van der Waals surface area contributed by atoms with Crippen LogP contribution in [-0.2, 0) is 25.5 Å². The van der Waals surface area contributed by atoms with Crippen molar-refractivity contribution in [3.05, 3.63) is 61.0 Å². The van der Waals surface area contributed by atoms with E-state index in [4.69, 9.17) is 4.74 Å². The van der Waals surface area contributed by atoms with Crippen LogP contribution in [0.5, 0.6) is 0 Å². The Bertz CT molecular complexity index is 1200. The molecule has 11 nitrogen and oxygen atoms in total. The molecule has 0 amide bonds. The number of nitrogens with one attached hydrogen (secondary N) is 1. The molecule has 3 heterocycles. The SMILES string of the molecule is CCOC(=O)C(=O)Cc1nc(Br)ccc1[N+](=O)[O-].CCOC(=O)c1cc2nc(Br)ccc2[nH]1. The number of ketones is 1. The van der Waals surface area contributed by atoms with Gasteiger partial charge in [0.15, 0.2) is 0 Å². The Morgan fingerprint density at radius 2 is 1.67 bits per heavy atom. The van der Waals surface area contributed by atoms with Crippen molar-refractivity contribution in [2.45, 2.75) is 20.3 Å². The van der Waals surface area contributed by atoms with Crippen molar-refractivity contribution in [1.82, 2.24) is 15.0 Å². The molecule has 0 aliphatic heterocycles. The topological polar surface area (TPSA) is 154 Å². The van der Waals surface area contributed by atoms with E-state index in [9.17, 15) is 24.5 Å². The third-order valence-corrected chi connectivity index (χ3v) is 4.76. The lowest BCUT2D eigenvalue weighted by Gasteiger charge is -2.02. The van der Waals surface area contributed by atoms with Crippen molar-refractivity contribution in [1.29, 1.82) is 0 Å². The first-order valence-corrected chi connectivity index (χ1v) is 11.1. The van der Waals surface area contributed by atoms with E-state index in [1.165, 1.54) is 12.1 Å². The molecule has 0 aliphatic rings.